The van der Waals surface area contributed by atoms with Gasteiger partial charge in [0.2, 0.25) is 0 Å². The Morgan fingerprint density at radius 3 is 2.71 bits per heavy atom. The Balaban J connectivity index is 3.06. The molecular weight excluding hydrogens is 216 g/mol. The minimum atomic E-state index is -0.497. The molecule has 94 valence electrons. The van der Waals surface area contributed by atoms with Crippen molar-refractivity contribution in [1.82, 2.24) is 4.98 Å². The maximum absolute atomic E-state index is 11.3. The first-order valence-corrected chi connectivity index (χ1v) is 5.64. The fourth-order valence-electron chi connectivity index (χ4n) is 1.41. The van der Waals surface area contributed by atoms with E-state index in [9.17, 15) is 4.79 Å². The average molecular weight is 236 g/mol. The molecule has 0 fully saturated rings. The number of rotatable bonds is 5. The molecule has 1 rings (SSSR count). The first-order valence-electron chi connectivity index (χ1n) is 5.64. The molecule has 0 aromatic carbocycles. The van der Waals surface area contributed by atoms with E-state index in [-0.39, 0.29) is 5.54 Å². The van der Waals surface area contributed by atoms with E-state index in [2.05, 4.69) is 24.1 Å². The number of amides is 1. The van der Waals surface area contributed by atoms with Gasteiger partial charge in [0.15, 0.2) is 0 Å². The summed E-state index contributed by atoms with van der Waals surface area (Å²) >= 11 is 0. The van der Waals surface area contributed by atoms with Crippen molar-refractivity contribution in [3.8, 4) is 0 Å². The van der Waals surface area contributed by atoms with E-state index in [0.717, 1.165) is 0 Å². The van der Waals surface area contributed by atoms with E-state index in [4.69, 9.17) is 11.5 Å². The highest BCUT2D eigenvalue weighted by atomic mass is 16.1. The van der Waals surface area contributed by atoms with Crippen LogP contribution in [-0.2, 0) is 0 Å². The van der Waals surface area contributed by atoms with Crippen LogP contribution in [-0.4, -0.2) is 23.0 Å². The number of carbonyl (C=O) groups excluding carboxylic acids is 1. The van der Waals surface area contributed by atoms with E-state index < -0.39 is 5.91 Å². The van der Waals surface area contributed by atoms with Gasteiger partial charge in [-0.15, -0.1) is 0 Å². The fourth-order valence-corrected chi connectivity index (χ4v) is 1.41. The second kappa shape index (κ2) is 5.14. The predicted octanol–water partition coefficient (Wildman–Crippen LogP) is 0.966. The highest BCUT2D eigenvalue weighted by Crippen LogP contribution is 2.22. The van der Waals surface area contributed by atoms with Crippen LogP contribution in [0.4, 0.5) is 5.82 Å². The molecule has 17 heavy (non-hydrogen) atoms. The third-order valence-electron chi connectivity index (χ3n) is 3.18. The Bertz CT molecular complexity index is 405. The van der Waals surface area contributed by atoms with E-state index in [1.54, 1.807) is 18.3 Å². The quantitative estimate of drug-likeness (QED) is 0.710. The Morgan fingerprint density at radius 2 is 2.24 bits per heavy atom. The lowest BCUT2D eigenvalue weighted by atomic mass is 9.88. The minimum absolute atomic E-state index is 0.301. The number of aromatic nitrogens is 1. The summed E-state index contributed by atoms with van der Waals surface area (Å²) in [5.41, 5.74) is 11.1. The van der Waals surface area contributed by atoms with E-state index in [1.807, 2.05) is 6.92 Å². The van der Waals surface area contributed by atoms with Crippen LogP contribution in [0.2, 0.25) is 0 Å². The van der Waals surface area contributed by atoms with Crippen molar-refractivity contribution < 1.29 is 4.79 Å². The molecule has 0 saturated heterocycles. The third kappa shape index (κ3) is 2.94. The summed E-state index contributed by atoms with van der Waals surface area (Å²) < 4.78 is 0. The lowest BCUT2D eigenvalue weighted by Crippen LogP contribution is -2.47. The lowest BCUT2D eigenvalue weighted by Gasteiger charge is -2.34. The van der Waals surface area contributed by atoms with Crippen molar-refractivity contribution in [2.24, 2.45) is 17.4 Å². The van der Waals surface area contributed by atoms with E-state index in [1.165, 1.54) is 0 Å². The highest BCUT2D eigenvalue weighted by molar-refractivity contribution is 5.97. The summed E-state index contributed by atoms with van der Waals surface area (Å²) in [6.45, 7) is 6.57. The van der Waals surface area contributed by atoms with Gasteiger partial charge in [-0.25, -0.2) is 4.98 Å². The molecule has 0 radical (unpaired) electrons. The zero-order chi connectivity index (χ0) is 13.1. The second-order valence-electron chi connectivity index (χ2n) is 4.67. The number of nitrogens with two attached hydrogens (primary N) is 2. The Labute approximate surface area is 102 Å². The molecule has 0 aliphatic rings. The van der Waals surface area contributed by atoms with Crippen LogP contribution < -0.4 is 16.8 Å². The molecule has 5 heteroatoms. The molecule has 0 spiro atoms. The van der Waals surface area contributed by atoms with Crippen LogP contribution >= 0.6 is 0 Å². The summed E-state index contributed by atoms with van der Waals surface area (Å²) in [4.78, 5) is 15.4. The molecule has 5 nitrogen and oxygen atoms in total. The number of hydrogen-bond donors (Lipinski definition) is 3. The highest BCUT2D eigenvalue weighted by Gasteiger charge is 2.28. The number of carbonyl (C=O) groups is 1. The lowest BCUT2D eigenvalue weighted by molar-refractivity contribution is 0.100. The van der Waals surface area contributed by atoms with Gasteiger partial charge in [0.1, 0.15) is 5.82 Å². The Hall–Kier alpha value is -1.62. The van der Waals surface area contributed by atoms with Gasteiger partial charge in [-0.2, -0.15) is 0 Å². The molecule has 1 aromatic heterocycles. The van der Waals surface area contributed by atoms with E-state index >= 15 is 0 Å². The van der Waals surface area contributed by atoms with Crippen LogP contribution in [0, 0.1) is 5.92 Å². The third-order valence-corrected chi connectivity index (χ3v) is 3.18. The number of pyridine rings is 1. The van der Waals surface area contributed by atoms with Crippen molar-refractivity contribution in [3.05, 3.63) is 23.9 Å². The maximum Gasteiger partial charge on any atom is 0.252 e. The Morgan fingerprint density at radius 1 is 1.59 bits per heavy atom. The van der Waals surface area contributed by atoms with Gasteiger partial charge in [-0.05, 0) is 25.0 Å². The summed E-state index contributed by atoms with van der Waals surface area (Å²) in [5, 5.41) is 3.22. The number of primary amides is 1. The standard InChI is InChI=1S/C12H20N4O/c1-8(2)12(3,7-13)16-11-9(10(14)17)5-4-6-15-11/h4-6,8H,7,13H2,1-3H3,(H2,14,17)(H,15,16). The smallest absolute Gasteiger partial charge is 0.252 e. The monoisotopic (exact) mass is 236 g/mol. The van der Waals surface area contributed by atoms with E-state index in [0.29, 0.717) is 23.8 Å². The van der Waals surface area contributed by atoms with Crippen molar-refractivity contribution in [2.45, 2.75) is 26.3 Å². The predicted molar refractivity (Wildman–Crippen MR) is 68.7 cm³/mol. The van der Waals surface area contributed by atoms with Gasteiger partial charge in [0.25, 0.3) is 5.91 Å². The number of hydrogen-bond acceptors (Lipinski definition) is 4. The molecule has 1 unspecified atom stereocenters. The molecule has 1 aromatic rings. The largest absolute Gasteiger partial charge is 0.365 e. The molecule has 1 atom stereocenters. The Kier molecular flexibility index (Phi) is 4.07. The topological polar surface area (TPSA) is 94.0 Å². The molecule has 0 bridgehead atoms. The molecule has 1 amide bonds. The first-order chi connectivity index (χ1) is 7.90. The van der Waals surface area contributed by atoms with Gasteiger partial charge >= 0.3 is 0 Å². The molecule has 0 aliphatic carbocycles. The normalized spacial score (nSPS) is 14.4. The van der Waals surface area contributed by atoms with Crippen molar-refractivity contribution >= 4 is 11.7 Å². The summed E-state index contributed by atoms with van der Waals surface area (Å²) in [5.74, 6) is 0.292. The van der Waals surface area contributed by atoms with Crippen molar-refractivity contribution in [1.29, 1.82) is 0 Å². The van der Waals surface area contributed by atoms with Crippen molar-refractivity contribution in [3.63, 3.8) is 0 Å². The minimum Gasteiger partial charge on any atom is -0.365 e. The SMILES string of the molecule is CC(C)C(C)(CN)Nc1ncccc1C(N)=O. The van der Waals surface area contributed by atoms with Gasteiger partial charge in [0, 0.05) is 12.7 Å². The van der Waals surface area contributed by atoms with Crippen LogP contribution in [0.1, 0.15) is 31.1 Å². The zero-order valence-corrected chi connectivity index (χ0v) is 10.5. The second-order valence-corrected chi connectivity index (χ2v) is 4.67. The fraction of sp³-hybridized carbons (Fsp3) is 0.500. The van der Waals surface area contributed by atoms with Crippen LogP contribution in [0.5, 0.6) is 0 Å². The molecule has 5 N–H and O–H groups in total. The van der Waals surface area contributed by atoms with Gasteiger partial charge in [-0.1, -0.05) is 13.8 Å². The van der Waals surface area contributed by atoms with Crippen molar-refractivity contribution in [2.75, 3.05) is 11.9 Å². The zero-order valence-electron chi connectivity index (χ0n) is 10.5. The van der Waals surface area contributed by atoms with Gasteiger partial charge < -0.3 is 16.8 Å². The maximum atomic E-state index is 11.3. The number of anilines is 1. The first kappa shape index (κ1) is 13.4. The van der Waals surface area contributed by atoms with Crippen LogP contribution in [0.15, 0.2) is 18.3 Å². The summed E-state index contributed by atoms with van der Waals surface area (Å²) in [7, 11) is 0. The number of nitrogens with zero attached hydrogens (tertiary/aromatic N) is 1. The summed E-state index contributed by atoms with van der Waals surface area (Å²) in [6.07, 6.45) is 1.62. The van der Waals surface area contributed by atoms with Crippen LogP contribution in [0.25, 0.3) is 0 Å². The van der Waals surface area contributed by atoms with Gasteiger partial charge in [-0.3, -0.25) is 4.79 Å². The summed E-state index contributed by atoms with van der Waals surface area (Å²) in [6, 6.07) is 3.33. The number of nitrogens with one attached hydrogen (secondary N) is 1. The molecule has 0 aliphatic heterocycles. The molecule has 1 heterocycles. The molecular formula is C12H20N4O. The van der Waals surface area contributed by atoms with Gasteiger partial charge in [0.05, 0.1) is 11.1 Å². The van der Waals surface area contributed by atoms with Crippen LogP contribution in [0.3, 0.4) is 0 Å². The average Bonchev–Trinajstić information content (AvgIpc) is 2.29. The molecule has 0 saturated carbocycles.